The zero-order valence-electron chi connectivity index (χ0n) is 11.9. The predicted octanol–water partition coefficient (Wildman–Crippen LogP) is 1.10. The number of benzene rings is 1. The molecule has 0 aliphatic heterocycles. The van der Waals surface area contributed by atoms with Gasteiger partial charge in [-0.05, 0) is 19.1 Å². The van der Waals surface area contributed by atoms with Crippen molar-refractivity contribution < 1.29 is 23.8 Å². The van der Waals surface area contributed by atoms with Crippen LogP contribution in [-0.2, 0) is 14.3 Å². The Hall–Kier alpha value is -2.24. The van der Waals surface area contributed by atoms with Crippen LogP contribution in [0.3, 0.4) is 0 Å². The highest BCUT2D eigenvalue weighted by molar-refractivity contribution is 5.82. The minimum absolute atomic E-state index is 0.0953. The highest BCUT2D eigenvalue weighted by Crippen LogP contribution is 2.25. The van der Waals surface area contributed by atoms with Gasteiger partial charge in [0.2, 0.25) is 0 Å². The fourth-order valence-electron chi connectivity index (χ4n) is 1.48. The summed E-state index contributed by atoms with van der Waals surface area (Å²) < 4.78 is 15.3. The Balaban J connectivity index is 2.48. The van der Waals surface area contributed by atoms with Gasteiger partial charge in [-0.2, -0.15) is 0 Å². The van der Waals surface area contributed by atoms with Crippen LogP contribution >= 0.6 is 0 Å². The van der Waals surface area contributed by atoms with Crippen LogP contribution in [0.5, 0.6) is 11.5 Å². The van der Waals surface area contributed by atoms with Gasteiger partial charge in [-0.1, -0.05) is 12.1 Å². The number of esters is 1. The first-order valence-electron chi connectivity index (χ1n) is 6.23. The molecule has 0 bridgehead atoms. The zero-order chi connectivity index (χ0) is 15.0. The van der Waals surface area contributed by atoms with Crippen molar-refractivity contribution in [2.45, 2.75) is 6.92 Å². The molecule has 0 radical (unpaired) electrons. The van der Waals surface area contributed by atoms with Crippen molar-refractivity contribution in [1.82, 2.24) is 4.90 Å². The number of hydrogen-bond donors (Lipinski definition) is 0. The lowest BCUT2D eigenvalue weighted by atomic mass is 10.3. The van der Waals surface area contributed by atoms with Gasteiger partial charge in [0.15, 0.2) is 18.1 Å². The number of amides is 1. The highest BCUT2D eigenvalue weighted by atomic mass is 16.5. The van der Waals surface area contributed by atoms with Gasteiger partial charge in [-0.25, -0.2) is 0 Å². The van der Waals surface area contributed by atoms with Crippen LogP contribution in [0.25, 0.3) is 0 Å². The van der Waals surface area contributed by atoms with Crippen molar-refractivity contribution in [1.29, 1.82) is 0 Å². The van der Waals surface area contributed by atoms with E-state index in [1.165, 1.54) is 19.1 Å². The van der Waals surface area contributed by atoms with E-state index in [1.54, 1.807) is 31.2 Å². The van der Waals surface area contributed by atoms with E-state index in [2.05, 4.69) is 0 Å². The van der Waals surface area contributed by atoms with Gasteiger partial charge in [0.25, 0.3) is 5.91 Å². The average molecular weight is 281 g/mol. The van der Waals surface area contributed by atoms with Crippen molar-refractivity contribution in [2.75, 3.05) is 33.9 Å². The van der Waals surface area contributed by atoms with Crippen LogP contribution in [-0.4, -0.2) is 50.7 Å². The minimum atomic E-state index is -0.444. The Morgan fingerprint density at radius 3 is 2.45 bits per heavy atom. The normalized spacial score (nSPS) is 9.75. The third-order valence-corrected chi connectivity index (χ3v) is 2.52. The fraction of sp³-hybridized carbons (Fsp3) is 0.429. The lowest BCUT2D eigenvalue weighted by molar-refractivity contribution is -0.148. The number of ether oxygens (including phenoxy) is 3. The Kier molecular flexibility index (Phi) is 6.36. The van der Waals surface area contributed by atoms with Gasteiger partial charge < -0.3 is 19.1 Å². The van der Waals surface area contributed by atoms with Crippen molar-refractivity contribution in [3.8, 4) is 11.5 Å². The lowest BCUT2D eigenvalue weighted by Gasteiger charge is -2.17. The summed E-state index contributed by atoms with van der Waals surface area (Å²) in [5, 5.41) is 0. The summed E-state index contributed by atoms with van der Waals surface area (Å²) >= 11 is 0. The van der Waals surface area contributed by atoms with Crippen LogP contribution < -0.4 is 9.47 Å². The SMILES string of the molecule is CCOC(=O)CN(C)C(=O)COc1ccccc1OC. The number of carbonyl (C=O) groups is 2. The predicted molar refractivity (Wildman–Crippen MR) is 72.8 cm³/mol. The molecule has 110 valence electrons. The Morgan fingerprint density at radius 2 is 1.85 bits per heavy atom. The van der Waals surface area contributed by atoms with E-state index in [0.717, 1.165) is 0 Å². The summed E-state index contributed by atoms with van der Waals surface area (Å²) in [6, 6.07) is 7.03. The van der Waals surface area contributed by atoms with E-state index in [-0.39, 0.29) is 19.1 Å². The molecule has 0 aliphatic carbocycles. The van der Waals surface area contributed by atoms with Crippen molar-refractivity contribution >= 4 is 11.9 Å². The molecule has 1 rings (SSSR count). The van der Waals surface area contributed by atoms with Crippen molar-refractivity contribution in [3.63, 3.8) is 0 Å². The number of nitrogens with zero attached hydrogens (tertiary/aromatic N) is 1. The molecule has 1 aromatic carbocycles. The lowest BCUT2D eigenvalue weighted by Crippen LogP contribution is -2.36. The molecule has 0 saturated carbocycles. The third-order valence-electron chi connectivity index (χ3n) is 2.52. The van der Waals surface area contributed by atoms with Gasteiger partial charge in [0, 0.05) is 7.05 Å². The Labute approximate surface area is 118 Å². The summed E-state index contributed by atoms with van der Waals surface area (Å²) in [5.74, 6) is 0.269. The third kappa shape index (κ3) is 4.79. The average Bonchev–Trinajstić information content (AvgIpc) is 2.45. The maximum atomic E-state index is 11.8. The fourth-order valence-corrected chi connectivity index (χ4v) is 1.48. The molecule has 6 nitrogen and oxygen atoms in total. The molecule has 0 saturated heterocycles. The number of hydrogen-bond acceptors (Lipinski definition) is 5. The topological polar surface area (TPSA) is 65.1 Å². The highest BCUT2D eigenvalue weighted by Gasteiger charge is 2.15. The number of methoxy groups -OCH3 is 1. The molecule has 0 spiro atoms. The maximum absolute atomic E-state index is 11.8. The molecule has 0 unspecified atom stereocenters. The molecular formula is C14H19NO5. The molecule has 0 fully saturated rings. The van der Waals surface area contributed by atoms with Gasteiger partial charge in [-0.15, -0.1) is 0 Å². The number of likely N-dealkylation sites (N-methyl/N-ethyl adjacent to an activating group) is 1. The van der Waals surface area contributed by atoms with E-state index in [0.29, 0.717) is 18.1 Å². The van der Waals surface area contributed by atoms with E-state index < -0.39 is 5.97 Å². The summed E-state index contributed by atoms with van der Waals surface area (Å²) in [5.41, 5.74) is 0. The monoisotopic (exact) mass is 281 g/mol. The standard InChI is InChI=1S/C14H19NO5/c1-4-19-14(17)9-15(2)13(16)10-20-12-8-6-5-7-11(12)18-3/h5-8H,4,9-10H2,1-3H3. The summed E-state index contributed by atoms with van der Waals surface area (Å²) in [7, 11) is 3.04. The summed E-state index contributed by atoms with van der Waals surface area (Å²) in [6.45, 7) is 1.74. The first-order chi connectivity index (χ1) is 9.58. The van der Waals surface area contributed by atoms with Crippen LogP contribution in [0.4, 0.5) is 0 Å². The second kappa shape index (κ2) is 8.04. The number of carbonyl (C=O) groups excluding carboxylic acids is 2. The largest absolute Gasteiger partial charge is 0.493 e. The van der Waals surface area contributed by atoms with Gasteiger partial charge >= 0.3 is 5.97 Å². The first-order valence-corrected chi connectivity index (χ1v) is 6.23. The molecule has 0 atom stereocenters. The molecule has 6 heteroatoms. The van der Waals surface area contributed by atoms with Crippen LogP contribution in [0.15, 0.2) is 24.3 Å². The Morgan fingerprint density at radius 1 is 1.20 bits per heavy atom. The quantitative estimate of drug-likeness (QED) is 0.700. The second-order valence-electron chi connectivity index (χ2n) is 3.99. The molecule has 0 aromatic heterocycles. The number of rotatable bonds is 7. The maximum Gasteiger partial charge on any atom is 0.325 e. The van der Waals surface area contributed by atoms with Crippen LogP contribution in [0.2, 0.25) is 0 Å². The zero-order valence-corrected chi connectivity index (χ0v) is 11.9. The second-order valence-corrected chi connectivity index (χ2v) is 3.99. The van der Waals surface area contributed by atoms with E-state index in [1.807, 2.05) is 0 Å². The molecule has 0 heterocycles. The van der Waals surface area contributed by atoms with Crippen LogP contribution in [0, 0.1) is 0 Å². The van der Waals surface area contributed by atoms with Crippen molar-refractivity contribution in [2.24, 2.45) is 0 Å². The summed E-state index contributed by atoms with van der Waals surface area (Å²) in [6.07, 6.45) is 0. The van der Waals surface area contributed by atoms with E-state index in [9.17, 15) is 9.59 Å². The van der Waals surface area contributed by atoms with E-state index in [4.69, 9.17) is 14.2 Å². The minimum Gasteiger partial charge on any atom is -0.493 e. The molecule has 1 aromatic rings. The Bertz CT molecular complexity index is 461. The van der Waals surface area contributed by atoms with Gasteiger partial charge in [0.1, 0.15) is 6.54 Å². The molecule has 0 aliphatic rings. The number of para-hydroxylation sites is 2. The van der Waals surface area contributed by atoms with Gasteiger partial charge in [0.05, 0.1) is 13.7 Å². The van der Waals surface area contributed by atoms with E-state index >= 15 is 0 Å². The molecule has 20 heavy (non-hydrogen) atoms. The summed E-state index contributed by atoms with van der Waals surface area (Å²) in [4.78, 5) is 24.3. The molecular weight excluding hydrogens is 262 g/mol. The molecule has 1 amide bonds. The van der Waals surface area contributed by atoms with Crippen molar-refractivity contribution in [3.05, 3.63) is 24.3 Å². The van der Waals surface area contributed by atoms with Gasteiger partial charge in [-0.3, -0.25) is 9.59 Å². The first kappa shape index (κ1) is 15.8. The van der Waals surface area contributed by atoms with Crippen LogP contribution in [0.1, 0.15) is 6.92 Å². The smallest absolute Gasteiger partial charge is 0.325 e. The molecule has 0 N–H and O–H groups in total.